The fourth-order valence-electron chi connectivity index (χ4n) is 1.46. The number of aliphatic imine (C=N–C) groups is 1. The molecule has 0 spiro atoms. The van der Waals surface area contributed by atoms with Crippen molar-refractivity contribution < 1.29 is 9.47 Å². The normalized spacial score (nSPS) is 11.2. The molecule has 0 aliphatic heterocycles. The maximum absolute atomic E-state index is 5.61. The van der Waals surface area contributed by atoms with E-state index in [1.165, 1.54) is 5.56 Å². The Balaban J connectivity index is 2.16. The summed E-state index contributed by atoms with van der Waals surface area (Å²) in [5.74, 6) is 1.64. The lowest BCUT2D eigenvalue weighted by molar-refractivity contribution is 0.203. The summed E-state index contributed by atoms with van der Waals surface area (Å²) in [6.07, 6.45) is 0. The highest BCUT2D eigenvalue weighted by molar-refractivity contribution is 5.79. The van der Waals surface area contributed by atoms with Gasteiger partial charge in [0.2, 0.25) is 0 Å². The SMILES string of the molecule is CN=C(NCCOC)NCCOc1ccc(C)cc1. The molecule has 0 heterocycles. The fraction of sp³-hybridized carbons (Fsp3) is 0.500. The van der Waals surface area contributed by atoms with Gasteiger partial charge in [-0.15, -0.1) is 0 Å². The Kier molecular flexibility index (Phi) is 7.43. The molecule has 106 valence electrons. The summed E-state index contributed by atoms with van der Waals surface area (Å²) in [7, 11) is 3.41. The summed E-state index contributed by atoms with van der Waals surface area (Å²) in [5, 5.41) is 6.30. The molecule has 0 amide bonds. The molecular weight excluding hydrogens is 242 g/mol. The summed E-state index contributed by atoms with van der Waals surface area (Å²) in [4.78, 5) is 4.10. The van der Waals surface area contributed by atoms with Crippen LogP contribution in [0.15, 0.2) is 29.3 Å². The van der Waals surface area contributed by atoms with Gasteiger partial charge >= 0.3 is 0 Å². The average Bonchev–Trinajstić information content (AvgIpc) is 2.43. The van der Waals surface area contributed by atoms with Crippen molar-refractivity contribution in [1.82, 2.24) is 10.6 Å². The topological polar surface area (TPSA) is 54.9 Å². The zero-order valence-electron chi connectivity index (χ0n) is 11.9. The van der Waals surface area contributed by atoms with E-state index in [2.05, 4.69) is 22.5 Å². The molecule has 0 saturated carbocycles. The second-order valence-electron chi connectivity index (χ2n) is 4.08. The highest BCUT2D eigenvalue weighted by Crippen LogP contribution is 2.10. The summed E-state index contributed by atoms with van der Waals surface area (Å²) in [6.45, 7) is 4.73. The number of aryl methyl sites for hydroxylation is 1. The third-order valence-corrected chi connectivity index (χ3v) is 2.51. The first-order valence-electron chi connectivity index (χ1n) is 6.39. The van der Waals surface area contributed by atoms with Crippen molar-refractivity contribution in [3.05, 3.63) is 29.8 Å². The van der Waals surface area contributed by atoms with Gasteiger partial charge in [0.15, 0.2) is 5.96 Å². The Labute approximate surface area is 115 Å². The van der Waals surface area contributed by atoms with Crippen molar-refractivity contribution >= 4 is 5.96 Å². The molecule has 5 nitrogen and oxygen atoms in total. The largest absolute Gasteiger partial charge is 0.492 e. The molecule has 0 aliphatic rings. The van der Waals surface area contributed by atoms with E-state index in [9.17, 15) is 0 Å². The molecule has 1 aromatic rings. The Morgan fingerprint density at radius 1 is 1.11 bits per heavy atom. The number of hydrogen-bond acceptors (Lipinski definition) is 3. The van der Waals surface area contributed by atoms with E-state index in [1.807, 2.05) is 24.3 Å². The van der Waals surface area contributed by atoms with E-state index in [-0.39, 0.29) is 0 Å². The highest BCUT2D eigenvalue weighted by atomic mass is 16.5. The number of guanidine groups is 1. The molecule has 0 aromatic heterocycles. The van der Waals surface area contributed by atoms with E-state index >= 15 is 0 Å². The Bertz CT molecular complexity index is 377. The smallest absolute Gasteiger partial charge is 0.191 e. The van der Waals surface area contributed by atoms with Gasteiger partial charge < -0.3 is 20.1 Å². The van der Waals surface area contributed by atoms with Crippen LogP contribution >= 0.6 is 0 Å². The van der Waals surface area contributed by atoms with Gasteiger partial charge in [0.05, 0.1) is 13.2 Å². The van der Waals surface area contributed by atoms with Gasteiger partial charge in [0.25, 0.3) is 0 Å². The number of hydrogen-bond donors (Lipinski definition) is 2. The minimum atomic E-state index is 0.591. The average molecular weight is 265 g/mol. The van der Waals surface area contributed by atoms with Crippen molar-refractivity contribution in [3.63, 3.8) is 0 Å². The first-order chi connectivity index (χ1) is 9.26. The maximum Gasteiger partial charge on any atom is 0.191 e. The van der Waals surface area contributed by atoms with Gasteiger partial charge in [-0.25, -0.2) is 0 Å². The maximum atomic E-state index is 5.61. The van der Waals surface area contributed by atoms with Crippen molar-refractivity contribution in [2.45, 2.75) is 6.92 Å². The van der Waals surface area contributed by atoms with E-state index in [1.54, 1.807) is 14.2 Å². The fourth-order valence-corrected chi connectivity index (χ4v) is 1.46. The monoisotopic (exact) mass is 265 g/mol. The predicted octanol–water partition coefficient (Wildman–Crippen LogP) is 1.19. The summed E-state index contributed by atoms with van der Waals surface area (Å²) < 4.78 is 10.6. The van der Waals surface area contributed by atoms with Crippen LogP contribution in [0.4, 0.5) is 0 Å². The zero-order valence-corrected chi connectivity index (χ0v) is 11.9. The molecule has 19 heavy (non-hydrogen) atoms. The van der Waals surface area contributed by atoms with Gasteiger partial charge in [-0.05, 0) is 19.1 Å². The van der Waals surface area contributed by atoms with Crippen molar-refractivity contribution in [3.8, 4) is 5.75 Å². The van der Waals surface area contributed by atoms with Crippen molar-refractivity contribution in [2.24, 2.45) is 4.99 Å². The molecule has 0 aliphatic carbocycles. The van der Waals surface area contributed by atoms with Crippen LogP contribution in [0.3, 0.4) is 0 Å². The van der Waals surface area contributed by atoms with Crippen LogP contribution in [0.2, 0.25) is 0 Å². The van der Waals surface area contributed by atoms with Crippen LogP contribution in [0.5, 0.6) is 5.75 Å². The first-order valence-corrected chi connectivity index (χ1v) is 6.39. The number of ether oxygens (including phenoxy) is 2. The van der Waals surface area contributed by atoms with Crippen molar-refractivity contribution in [1.29, 1.82) is 0 Å². The molecule has 0 fully saturated rings. The number of nitrogens with zero attached hydrogens (tertiary/aromatic N) is 1. The molecule has 1 aromatic carbocycles. The van der Waals surface area contributed by atoms with E-state index < -0.39 is 0 Å². The minimum Gasteiger partial charge on any atom is -0.492 e. The molecule has 5 heteroatoms. The van der Waals surface area contributed by atoms with Crippen LogP contribution in [0.25, 0.3) is 0 Å². The van der Waals surface area contributed by atoms with Gasteiger partial charge in [0, 0.05) is 20.7 Å². The predicted molar refractivity (Wildman–Crippen MR) is 77.9 cm³/mol. The second-order valence-corrected chi connectivity index (χ2v) is 4.08. The van der Waals surface area contributed by atoms with Crippen LogP contribution in [-0.4, -0.2) is 46.4 Å². The lowest BCUT2D eigenvalue weighted by Gasteiger charge is -2.12. The molecule has 1 rings (SSSR count). The number of benzene rings is 1. The molecule has 0 radical (unpaired) electrons. The van der Waals surface area contributed by atoms with Crippen molar-refractivity contribution in [2.75, 3.05) is 40.5 Å². The molecule has 2 N–H and O–H groups in total. The van der Waals surface area contributed by atoms with Gasteiger partial charge in [0.1, 0.15) is 12.4 Å². The quantitative estimate of drug-likeness (QED) is 0.442. The minimum absolute atomic E-state index is 0.591. The molecule has 0 bridgehead atoms. The third-order valence-electron chi connectivity index (χ3n) is 2.51. The summed E-state index contributed by atoms with van der Waals surface area (Å²) in [5.41, 5.74) is 1.23. The van der Waals surface area contributed by atoms with Crippen LogP contribution < -0.4 is 15.4 Å². The molecule has 0 unspecified atom stereocenters. The Morgan fingerprint density at radius 3 is 2.32 bits per heavy atom. The highest BCUT2D eigenvalue weighted by Gasteiger charge is 1.97. The van der Waals surface area contributed by atoms with E-state index in [0.29, 0.717) is 19.8 Å². The van der Waals surface area contributed by atoms with Gasteiger partial charge in [-0.3, -0.25) is 4.99 Å². The summed E-state index contributed by atoms with van der Waals surface area (Å²) >= 11 is 0. The summed E-state index contributed by atoms with van der Waals surface area (Å²) in [6, 6.07) is 8.02. The zero-order chi connectivity index (χ0) is 13.9. The van der Waals surface area contributed by atoms with Gasteiger partial charge in [-0.2, -0.15) is 0 Å². The lowest BCUT2D eigenvalue weighted by Crippen LogP contribution is -2.40. The lowest BCUT2D eigenvalue weighted by atomic mass is 10.2. The molecular formula is C14H23N3O2. The van der Waals surface area contributed by atoms with Crippen LogP contribution in [-0.2, 0) is 4.74 Å². The second kappa shape index (κ2) is 9.22. The number of nitrogens with one attached hydrogen (secondary N) is 2. The Hall–Kier alpha value is -1.75. The van der Waals surface area contributed by atoms with Crippen LogP contribution in [0, 0.1) is 6.92 Å². The molecule has 0 atom stereocenters. The number of methoxy groups -OCH3 is 1. The third kappa shape index (κ3) is 6.67. The molecule has 0 saturated heterocycles. The Morgan fingerprint density at radius 2 is 1.74 bits per heavy atom. The van der Waals surface area contributed by atoms with Gasteiger partial charge in [-0.1, -0.05) is 17.7 Å². The first kappa shape index (κ1) is 15.3. The van der Waals surface area contributed by atoms with Crippen LogP contribution in [0.1, 0.15) is 5.56 Å². The standard InChI is InChI=1S/C14H23N3O2/c1-12-4-6-13(7-5-12)19-11-9-17-14(15-2)16-8-10-18-3/h4-7H,8-11H2,1-3H3,(H2,15,16,17). The van der Waals surface area contributed by atoms with E-state index in [4.69, 9.17) is 9.47 Å². The van der Waals surface area contributed by atoms with E-state index in [0.717, 1.165) is 18.3 Å². The number of rotatable bonds is 7.